The molecule has 2 atom stereocenters. The summed E-state index contributed by atoms with van der Waals surface area (Å²) in [5, 5.41) is 2.30. The van der Waals surface area contributed by atoms with Gasteiger partial charge in [0, 0.05) is 18.6 Å². The van der Waals surface area contributed by atoms with Crippen LogP contribution in [0.5, 0.6) is 0 Å². The van der Waals surface area contributed by atoms with Gasteiger partial charge < -0.3 is 9.47 Å². The number of hydrogen-bond donors (Lipinski definition) is 1. The van der Waals surface area contributed by atoms with Crippen molar-refractivity contribution in [1.29, 1.82) is 0 Å². The van der Waals surface area contributed by atoms with E-state index in [1.807, 2.05) is 0 Å². The van der Waals surface area contributed by atoms with Crippen molar-refractivity contribution in [2.75, 3.05) is 26.4 Å². The van der Waals surface area contributed by atoms with Crippen LogP contribution >= 0.6 is 0 Å². The molecule has 1 saturated heterocycles. The minimum absolute atomic E-state index is 0.0423. The van der Waals surface area contributed by atoms with E-state index >= 15 is 0 Å². The molecule has 1 N–H and O–H groups in total. The number of carbonyl (C=O) groups excluding carboxylic acids is 1. The van der Waals surface area contributed by atoms with Crippen molar-refractivity contribution in [3.8, 4) is 0 Å². The normalized spacial score (nSPS) is 25.1. The van der Waals surface area contributed by atoms with Gasteiger partial charge in [0.1, 0.15) is 6.61 Å². The van der Waals surface area contributed by atoms with Crippen molar-refractivity contribution in [3.63, 3.8) is 0 Å². The van der Waals surface area contributed by atoms with Crippen molar-refractivity contribution in [3.05, 3.63) is 0 Å². The third-order valence-electron chi connectivity index (χ3n) is 3.26. The van der Waals surface area contributed by atoms with Crippen LogP contribution in [0, 0.1) is 0 Å². The quantitative estimate of drug-likeness (QED) is 0.551. The van der Waals surface area contributed by atoms with Gasteiger partial charge in [-0.3, -0.25) is 5.43 Å². The Balaban J connectivity index is 2.08. The molecule has 5 heteroatoms. The fraction of sp³-hybridized carbons (Fsp3) is 0.923. The van der Waals surface area contributed by atoms with Crippen LogP contribution in [0.1, 0.15) is 40.0 Å². The molecule has 0 saturated carbocycles. The van der Waals surface area contributed by atoms with Crippen molar-refractivity contribution in [1.82, 2.24) is 10.4 Å². The van der Waals surface area contributed by atoms with Crippen LogP contribution in [0.15, 0.2) is 0 Å². The maximum absolute atomic E-state index is 11.0. The molecule has 0 amide bonds. The number of rotatable bonds is 7. The first-order valence-electron chi connectivity index (χ1n) is 6.90. The Bertz CT molecular complexity index is 238. The molecule has 1 fully saturated rings. The minimum atomic E-state index is -0.294. The lowest BCUT2D eigenvalue weighted by Crippen LogP contribution is -2.52. The summed E-state index contributed by atoms with van der Waals surface area (Å²) in [6.45, 7) is 7.97. The van der Waals surface area contributed by atoms with Gasteiger partial charge in [0.2, 0.25) is 0 Å². The van der Waals surface area contributed by atoms with Gasteiger partial charge in [0.15, 0.2) is 0 Å². The first-order valence-corrected chi connectivity index (χ1v) is 6.90. The van der Waals surface area contributed by atoms with Gasteiger partial charge in [-0.15, -0.1) is 0 Å². The molecule has 0 bridgehead atoms. The molecule has 0 radical (unpaired) electrons. The third kappa shape index (κ3) is 5.33. The predicted octanol–water partition coefficient (Wildman–Crippen LogP) is 1.33. The van der Waals surface area contributed by atoms with Crippen molar-refractivity contribution in [2.45, 2.75) is 52.1 Å². The lowest BCUT2D eigenvalue weighted by molar-refractivity contribution is -0.148. The van der Waals surface area contributed by atoms with Gasteiger partial charge in [-0.1, -0.05) is 6.42 Å². The van der Waals surface area contributed by atoms with Crippen molar-refractivity contribution >= 4 is 5.97 Å². The van der Waals surface area contributed by atoms with Gasteiger partial charge in [-0.05, 0) is 33.6 Å². The van der Waals surface area contributed by atoms with E-state index in [2.05, 4.69) is 24.3 Å². The van der Waals surface area contributed by atoms with Crippen LogP contribution in [-0.4, -0.2) is 49.4 Å². The highest BCUT2D eigenvalue weighted by Gasteiger charge is 2.23. The zero-order valence-corrected chi connectivity index (χ0v) is 11.8. The van der Waals surface area contributed by atoms with Gasteiger partial charge >= 0.3 is 5.97 Å². The highest BCUT2D eigenvalue weighted by atomic mass is 16.6. The monoisotopic (exact) mass is 258 g/mol. The van der Waals surface area contributed by atoms with E-state index in [1.54, 1.807) is 6.92 Å². The second-order valence-electron chi connectivity index (χ2n) is 4.80. The standard InChI is InChI=1S/C13H26N2O3/c1-4-18-13(16)10-17-9-8-14-15-11(2)6-5-7-12(15)3/h11-12,14H,4-10H2,1-3H3. The molecule has 0 aromatic heterocycles. The molecule has 0 spiro atoms. The van der Waals surface area contributed by atoms with Gasteiger partial charge in [-0.25, -0.2) is 9.80 Å². The molecule has 1 heterocycles. The SMILES string of the molecule is CCOC(=O)COCCNN1C(C)CCCC1C. The van der Waals surface area contributed by atoms with Crippen LogP contribution in [0.3, 0.4) is 0 Å². The van der Waals surface area contributed by atoms with Crippen LogP contribution in [0.25, 0.3) is 0 Å². The average Bonchev–Trinajstić information content (AvgIpc) is 2.32. The van der Waals surface area contributed by atoms with Crippen LogP contribution < -0.4 is 5.43 Å². The zero-order chi connectivity index (χ0) is 13.4. The smallest absolute Gasteiger partial charge is 0.332 e. The van der Waals surface area contributed by atoms with Crippen LogP contribution in [0.4, 0.5) is 0 Å². The molecule has 1 aliphatic rings. The molecular formula is C13H26N2O3. The number of ether oxygens (including phenoxy) is 2. The lowest BCUT2D eigenvalue weighted by atomic mass is 10.00. The summed E-state index contributed by atoms with van der Waals surface area (Å²) < 4.78 is 10.0. The van der Waals surface area contributed by atoms with E-state index in [0.29, 0.717) is 25.3 Å². The van der Waals surface area contributed by atoms with Gasteiger partial charge in [-0.2, -0.15) is 0 Å². The number of hydrazine groups is 1. The fourth-order valence-electron chi connectivity index (χ4n) is 2.34. The van der Waals surface area contributed by atoms with E-state index in [4.69, 9.17) is 9.47 Å². The van der Waals surface area contributed by atoms with Crippen LogP contribution in [0.2, 0.25) is 0 Å². The number of piperidine rings is 1. The summed E-state index contributed by atoms with van der Waals surface area (Å²) in [6.07, 6.45) is 3.78. The lowest BCUT2D eigenvalue weighted by Gasteiger charge is -2.39. The predicted molar refractivity (Wildman–Crippen MR) is 70.1 cm³/mol. The third-order valence-corrected chi connectivity index (χ3v) is 3.26. The summed E-state index contributed by atoms with van der Waals surface area (Å²) in [5.74, 6) is -0.294. The Morgan fingerprint density at radius 1 is 1.33 bits per heavy atom. The van der Waals surface area contributed by atoms with Crippen molar-refractivity contribution in [2.24, 2.45) is 0 Å². The highest BCUT2D eigenvalue weighted by Crippen LogP contribution is 2.19. The first kappa shape index (κ1) is 15.4. The summed E-state index contributed by atoms with van der Waals surface area (Å²) in [4.78, 5) is 11.0. The van der Waals surface area contributed by atoms with Crippen molar-refractivity contribution < 1.29 is 14.3 Å². The highest BCUT2D eigenvalue weighted by molar-refractivity contribution is 5.70. The molecule has 106 valence electrons. The van der Waals surface area contributed by atoms with E-state index < -0.39 is 0 Å². The van der Waals surface area contributed by atoms with Crippen LogP contribution in [-0.2, 0) is 14.3 Å². The Morgan fingerprint density at radius 2 is 2.00 bits per heavy atom. The number of esters is 1. The summed E-state index contributed by atoms with van der Waals surface area (Å²) in [6, 6.07) is 1.14. The topological polar surface area (TPSA) is 50.8 Å². The summed E-state index contributed by atoms with van der Waals surface area (Å²) in [7, 11) is 0. The maximum Gasteiger partial charge on any atom is 0.332 e. The Morgan fingerprint density at radius 3 is 2.61 bits per heavy atom. The number of hydrogen-bond acceptors (Lipinski definition) is 5. The second kappa shape index (κ2) is 8.45. The zero-order valence-electron chi connectivity index (χ0n) is 11.8. The molecule has 5 nitrogen and oxygen atoms in total. The molecule has 0 aliphatic carbocycles. The van der Waals surface area contributed by atoms with E-state index in [9.17, 15) is 4.79 Å². The summed E-state index contributed by atoms with van der Waals surface area (Å²) >= 11 is 0. The van der Waals surface area contributed by atoms with Gasteiger partial charge in [0.05, 0.1) is 13.2 Å². The Hall–Kier alpha value is -0.650. The molecule has 2 unspecified atom stereocenters. The molecule has 0 aromatic carbocycles. The second-order valence-corrected chi connectivity index (χ2v) is 4.80. The van der Waals surface area contributed by atoms with Gasteiger partial charge in [0.25, 0.3) is 0 Å². The average molecular weight is 258 g/mol. The molecule has 18 heavy (non-hydrogen) atoms. The molecule has 0 aromatic rings. The summed E-state index contributed by atoms with van der Waals surface area (Å²) in [5.41, 5.74) is 3.38. The number of carbonyl (C=O) groups is 1. The first-order chi connectivity index (χ1) is 8.65. The number of nitrogens with zero attached hydrogens (tertiary/aromatic N) is 1. The van der Waals surface area contributed by atoms with E-state index in [0.717, 1.165) is 6.54 Å². The molecule has 1 rings (SSSR count). The minimum Gasteiger partial charge on any atom is -0.464 e. The van der Waals surface area contributed by atoms with E-state index in [-0.39, 0.29) is 12.6 Å². The maximum atomic E-state index is 11.0. The fourth-order valence-corrected chi connectivity index (χ4v) is 2.34. The molecular weight excluding hydrogens is 232 g/mol. The Kier molecular flexibility index (Phi) is 7.23. The Labute approximate surface area is 110 Å². The van der Waals surface area contributed by atoms with E-state index in [1.165, 1.54) is 19.3 Å². The largest absolute Gasteiger partial charge is 0.464 e. The number of nitrogens with one attached hydrogen (secondary N) is 1. The molecule has 1 aliphatic heterocycles.